The normalized spacial score (nSPS) is 13.5. The molecule has 1 aliphatic carbocycles. The number of carbonyl (C=O) groups is 3. The molecule has 112 valence electrons. The van der Waals surface area contributed by atoms with Crippen LogP contribution >= 0.6 is 11.8 Å². The van der Waals surface area contributed by atoms with Crippen molar-refractivity contribution < 1.29 is 19.5 Å². The first-order chi connectivity index (χ1) is 10.0. The smallest absolute Gasteiger partial charge is 0.313 e. The number of thioether (sulfide) groups is 1. The minimum Gasteiger partial charge on any atom is -0.481 e. The molecule has 0 atom stereocenters. The van der Waals surface area contributed by atoms with Crippen LogP contribution in [0.3, 0.4) is 0 Å². The minimum absolute atomic E-state index is 0.0388. The number of nitrogens with one attached hydrogen (secondary N) is 2. The summed E-state index contributed by atoms with van der Waals surface area (Å²) in [5, 5.41) is 14.0. The first-order valence-corrected chi connectivity index (χ1v) is 7.70. The quantitative estimate of drug-likeness (QED) is 0.714. The highest BCUT2D eigenvalue weighted by Gasteiger charge is 2.29. The molecule has 1 fully saturated rings. The molecule has 0 heterocycles. The molecule has 3 N–H and O–H groups in total. The number of anilines is 2. The fraction of sp³-hybridized carbons (Fsp3) is 0.357. The van der Waals surface area contributed by atoms with E-state index in [4.69, 9.17) is 5.11 Å². The second kappa shape index (κ2) is 7.12. The average Bonchev–Trinajstić information content (AvgIpc) is 3.25. The van der Waals surface area contributed by atoms with Crippen LogP contribution in [0, 0.1) is 5.92 Å². The molecule has 0 bridgehead atoms. The number of carboxylic acids is 1. The highest BCUT2D eigenvalue weighted by atomic mass is 32.2. The van der Waals surface area contributed by atoms with Gasteiger partial charge in [-0.2, -0.15) is 0 Å². The third kappa shape index (κ3) is 5.47. The van der Waals surface area contributed by atoms with E-state index in [9.17, 15) is 14.4 Å². The molecule has 0 aliphatic heterocycles. The number of hydrogen-bond donors (Lipinski definition) is 3. The Bertz CT molecular complexity index is 540. The molecule has 2 rings (SSSR count). The molecule has 0 radical (unpaired) electrons. The van der Waals surface area contributed by atoms with E-state index in [0.717, 1.165) is 24.6 Å². The molecule has 7 heteroatoms. The van der Waals surface area contributed by atoms with Crippen molar-refractivity contribution in [2.45, 2.75) is 12.8 Å². The van der Waals surface area contributed by atoms with E-state index in [1.54, 1.807) is 24.3 Å². The van der Waals surface area contributed by atoms with Gasteiger partial charge in [0, 0.05) is 17.3 Å². The molecular weight excluding hydrogens is 292 g/mol. The van der Waals surface area contributed by atoms with E-state index < -0.39 is 5.97 Å². The van der Waals surface area contributed by atoms with Crippen LogP contribution in [0.2, 0.25) is 0 Å². The van der Waals surface area contributed by atoms with Crippen LogP contribution in [0.15, 0.2) is 24.3 Å². The van der Waals surface area contributed by atoms with Gasteiger partial charge in [0.15, 0.2) is 0 Å². The zero-order valence-corrected chi connectivity index (χ0v) is 12.1. The second-order valence-electron chi connectivity index (χ2n) is 4.78. The Morgan fingerprint density at radius 1 is 1.05 bits per heavy atom. The molecule has 0 unspecified atom stereocenters. The lowest BCUT2D eigenvalue weighted by atomic mass is 10.2. The Hall–Kier alpha value is -2.02. The van der Waals surface area contributed by atoms with Crippen LogP contribution in [0.5, 0.6) is 0 Å². The van der Waals surface area contributed by atoms with Crippen molar-refractivity contribution in [1.29, 1.82) is 0 Å². The summed E-state index contributed by atoms with van der Waals surface area (Å²) in [4.78, 5) is 33.5. The number of benzene rings is 1. The van der Waals surface area contributed by atoms with Gasteiger partial charge in [-0.15, -0.1) is 11.8 Å². The second-order valence-corrected chi connectivity index (χ2v) is 5.76. The fourth-order valence-electron chi connectivity index (χ4n) is 1.65. The maximum absolute atomic E-state index is 11.6. The number of hydrogen-bond acceptors (Lipinski definition) is 4. The summed E-state index contributed by atoms with van der Waals surface area (Å²) in [6, 6.07) is 6.84. The predicted octanol–water partition coefficient (Wildman–Crippen LogP) is 1.79. The maximum Gasteiger partial charge on any atom is 0.313 e. The van der Waals surface area contributed by atoms with Crippen molar-refractivity contribution in [3.8, 4) is 0 Å². The lowest BCUT2D eigenvalue weighted by molar-refractivity contribution is -0.133. The van der Waals surface area contributed by atoms with Crippen LogP contribution < -0.4 is 10.6 Å². The molecule has 21 heavy (non-hydrogen) atoms. The van der Waals surface area contributed by atoms with E-state index in [1.807, 2.05) is 0 Å². The lowest BCUT2D eigenvalue weighted by Crippen LogP contribution is -2.16. The number of amides is 2. The zero-order valence-electron chi connectivity index (χ0n) is 11.3. The predicted molar refractivity (Wildman–Crippen MR) is 81.4 cm³/mol. The Morgan fingerprint density at radius 3 is 2.14 bits per heavy atom. The van der Waals surface area contributed by atoms with Gasteiger partial charge in [-0.25, -0.2) is 0 Å². The van der Waals surface area contributed by atoms with Gasteiger partial charge in [0.05, 0.1) is 11.5 Å². The summed E-state index contributed by atoms with van der Waals surface area (Å²) < 4.78 is 0. The van der Waals surface area contributed by atoms with Crippen molar-refractivity contribution in [2.75, 3.05) is 22.1 Å². The minimum atomic E-state index is -0.941. The van der Waals surface area contributed by atoms with Gasteiger partial charge < -0.3 is 15.7 Å². The topological polar surface area (TPSA) is 95.5 Å². The van der Waals surface area contributed by atoms with Gasteiger partial charge in [-0.05, 0) is 37.1 Å². The Balaban J connectivity index is 1.77. The van der Waals surface area contributed by atoms with E-state index in [-0.39, 0.29) is 29.2 Å². The average molecular weight is 308 g/mol. The van der Waals surface area contributed by atoms with Crippen LogP contribution in [0.1, 0.15) is 12.8 Å². The summed E-state index contributed by atoms with van der Waals surface area (Å²) in [7, 11) is 0. The molecule has 0 spiro atoms. The van der Waals surface area contributed by atoms with E-state index in [0.29, 0.717) is 11.4 Å². The van der Waals surface area contributed by atoms with Crippen LogP contribution in [0.4, 0.5) is 11.4 Å². The number of carboxylic acid groups (broad SMARTS) is 1. The van der Waals surface area contributed by atoms with Gasteiger partial charge in [-0.1, -0.05) is 0 Å². The van der Waals surface area contributed by atoms with Crippen molar-refractivity contribution in [3.05, 3.63) is 24.3 Å². The third-order valence-corrected chi connectivity index (χ3v) is 3.76. The largest absolute Gasteiger partial charge is 0.481 e. The van der Waals surface area contributed by atoms with E-state index in [1.165, 1.54) is 0 Å². The Morgan fingerprint density at radius 2 is 1.62 bits per heavy atom. The van der Waals surface area contributed by atoms with Crippen LogP contribution in [-0.2, 0) is 14.4 Å². The molecule has 1 aromatic carbocycles. The first-order valence-electron chi connectivity index (χ1n) is 6.55. The van der Waals surface area contributed by atoms with Crippen LogP contribution in [-0.4, -0.2) is 34.4 Å². The van der Waals surface area contributed by atoms with Crippen molar-refractivity contribution in [1.82, 2.24) is 0 Å². The van der Waals surface area contributed by atoms with Crippen molar-refractivity contribution in [3.63, 3.8) is 0 Å². The number of carbonyl (C=O) groups excluding carboxylic acids is 2. The summed E-state index contributed by atoms with van der Waals surface area (Å²) in [5.74, 6) is -1.02. The zero-order chi connectivity index (χ0) is 15.2. The maximum atomic E-state index is 11.6. The van der Waals surface area contributed by atoms with Gasteiger partial charge in [0.2, 0.25) is 11.8 Å². The van der Waals surface area contributed by atoms with Crippen molar-refractivity contribution >= 4 is 40.9 Å². The van der Waals surface area contributed by atoms with Gasteiger partial charge in [0.25, 0.3) is 0 Å². The molecule has 1 saturated carbocycles. The third-order valence-electron chi connectivity index (χ3n) is 2.84. The molecule has 1 aromatic rings. The summed E-state index contributed by atoms with van der Waals surface area (Å²) >= 11 is 1.04. The highest BCUT2D eigenvalue weighted by Crippen LogP contribution is 2.30. The van der Waals surface area contributed by atoms with Crippen molar-refractivity contribution in [2.24, 2.45) is 5.92 Å². The standard InChI is InChI=1S/C14H16N2O4S/c17-12(7-21-8-13(18)19)15-10-3-5-11(6-4-10)16-14(20)9-1-2-9/h3-6,9H,1-2,7-8H2,(H,15,17)(H,16,20)(H,18,19). The highest BCUT2D eigenvalue weighted by molar-refractivity contribution is 8.00. The monoisotopic (exact) mass is 308 g/mol. The molecule has 0 aromatic heterocycles. The Kier molecular flexibility index (Phi) is 5.21. The molecular formula is C14H16N2O4S. The number of aliphatic carboxylic acids is 1. The fourth-order valence-corrected chi connectivity index (χ4v) is 2.19. The molecule has 1 aliphatic rings. The lowest BCUT2D eigenvalue weighted by Gasteiger charge is -2.07. The summed E-state index contributed by atoms with van der Waals surface area (Å²) in [6.45, 7) is 0. The van der Waals surface area contributed by atoms with Crippen LogP contribution in [0.25, 0.3) is 0 Å². The van der Waals surface area contributed by atoms with Gasteiger partial charge in [0.1, 0.15) is 0 Å². The van der Waals surface area contributed by atoms with E-state index >= 15 is 0 Å². The summed E-state index contributed by atoms with van der Waals surface area (Å²) in [6.07, 6.45) is 1.90. The SMILES string of the molecule is O=C(O)CSCC(=O)Nc1ccc(NC(=O)C2CC2)cc1. The molecule has 2 amide bonds. The number of rotatable bonds is 7. The molecule has 0 saturated heterocycles. The van der Waals surface area contributed by atoms with E-state index in [2.05, 4.69) is 10.6 Å². The van der Waals surface area contributed by atoms with Gasteiger partial charge >= 0.3 is 5.97 Å². The summed E-state index contributed by atoms with van der Waals surface area (Å²) in [5.41, 5.74) is 1.31. The van der Waals surface area contributed by atoms with Gasteiger partial charge in [-0.3, -0.25) is 14.4 Å². The Labute approximate surface area is 126 Å². The molecule has 6 nitrogen and oxygen atoms in total. The first kappa shape index (κ1) is 15.4.